The van der Waals surface area contributed by atoms with Gasteiger partial charge in [-0.25, -0.2) is 0 Å². The van der Waals surface area contributed by atoms with Crippen molar-refractivity contribution in [2.45, 2.75) is 105 Å². The van der Waals surface area contributed by atoms with E-state index in [0.29, 0.717) is 23.7 Å². The normalized spacial score (nSPS) is 31.1. The van der Waals surface area contributed by atoms with Crippen molar-refractivity contribution < 1.29 is 9.53 Å². The summed E-state index contributed by atoms with van der Waals surface area (Å²) in [5.41, 5.74) is 3.80. The van der Waals surface area contributed by atoms with Gasteiger partial charge in [0.1, 0.15) is 0 Å². The molecule has 1 N–H and O–H groups in total. The largest absolute Gasteiger partial charge is 0.417 e. The standard InChI is InChI=1S/C26H48O2Si/c1-17(2)21-14-15-26(9,20(21)5)24(27)23-18(3)12-13-22(23)19(4)16-28-29(10,11)25(6,7)8/h17,19,21-22,24,27H,5,12-16H2,1-4,6-11H3/t19-,21+,22-,24+,26-/m0/s1. The quantitative estimate of drug-likeness (QED) is 0.344. The molecule has 0 aromatic heterocycles. The number of aliphatic hydroxyl groups excluding tert-OH is 1. The molecule has 168 valence electrons. The second-order valence-electron chi connectivity index (χ2n) is 12.2. The van der Waals surface area contributed by atoms with Crippen LogP contribution in [0.15, 0.2) is 23.3 Å². The molecule has 2 aliphatic carbocycles. The highest BCUT2D eigenvalue weighted by molar-refractivity contribution is 6.74. The molecule has 0 amide bonds. The van der Waals surface area contributed by atoms with Crippen LogP contribution in [0.3, 0.4) is 0 Å². The Morgan fingerprint density at radius 2 is 1.76 bits per heavy atom. The van der Waals surface area contributed by atoms with Gasteiger partial charge < -0.3 is 9.53 Å². The smallest absolute Gasteiger partial charge is 0.191 e. The molecular weight excluding hydrogens is 372 g/mol. The summed E-state index contributed by atoms with van der Waals surface area (Å²) in [5.74, 6) is 2.00. The van der Waals surface area contributed by atoms with Gasteiger partial charge in [-0.15, -0.1) is 0 Å². The van der Waals surface area contributed by atoms with Crippen LogP contribution in [0.4, 0.5) is 0 Å². The van der Waals surface area contributed by atoms with Crippen molar-refractivity contribution in [1.82, 2.24) is 0 Å². The van der Waals surface area contributed by atoms with Gasteiger partial charge in [0, 0.05) is 12.0 Å². The van der Waals surface area contributed by atoms with E-state index in [-0.39, 0.29) is 10.5 Å². The SMILES string of the molecule is C=C1[C@@H](C(C)C)CC[C@]1(C)[C@H](O)C1=C(C)CC[C@H]1[C@@H](C)CO[Si](C)(C)C(C)(C)C. The number of rotatable bonds is 7. The second-order valence-corrected chi connectivity index (χ2v) is 17.0. The highest BCUT2D eigenvalue weighted by atomic mass is 28.4. The van der Waals surface area contributed by atoms with Gasteiger partial charge >= 0.3 is 0 Å². The first-order valence-electron chi connectivity index (χ1n) is 11.8. The first kappa shape index (κ1) is 24.9. The molecule has 1 saturated carbocycles. The van der Waals surface area contributed by atoms with E-state index in [0.717, 1.165) is 32.3 Å². The van der Waals surface area contributed by atoms with E-state index in [4.69, 9.17) is 4.43 Å². The maximum atomic E-state index is 11.7. The average Bonchev–Trinajstić information content (AvgIpc) is 3.12. The Labute approximate surface area is 182 Å². The van der Waals surface area contributed by atoms with Crippen LogP contribution in [0, 0.1) is 29.1 Å². The molecule has 5 atom stereocenters. The summed E-state index contributed by atoms with van der Waals surface area (Å²) in [6, 6.07) is 0. The average molecular weight is 421 g/mol. The summed E-state index contributed by atoms with van der Waals surface area (Å²) in [7, 11) is -1.75. The van der Waals surface area contributed by atoms with Gasteiger partial charge in [0.25, 0.3) is 0 Å². The first-order chi connectivity index (χ1) is 13.1. The summed E-state index contributed by atoms with van der Waals surface area (Å²) in [6.45, 7) is 28.3. The highest BCUT2D eigenvalue weighted by Gasteiger charge is 2.49. The molecule has 0 saturated heterocycles. The Kier molecular flexibility index (Phi) is 7.40. The van der Waals surface area contributed by atoms with Gasteiger partial charge in [0.2, 0.25) is 0 Å². The molecule has 1 fully saturated rings. The minimum absolute atomic E-state index is 0.186. The van der Waals surface area contributed by atoms with Gasteiger partial charge in [-0.3, -0.25) is 0 Å². The third-order valence-corrected chi connectivity index (χ3v) is 13.3. The van der Waals surface area contributed by atoms with Crippen LogP contribution in [0.5, 0.6) is 0 Å². The van der Waals surface area contributed by atoms with Crippen molar-refractivity contribution in [2.24, 2.45) is 29.1 Å². The molecule has 2 nitrogen and oxygen atoms in total. The third-order valence-electron chi connectivity index (χ3n) is 8.78. The van der Waals surface area contributed by atoms with Crippen LogP contribution in [0.25, 0.3) is 0 Å². The Morgan fingerprint density at radius 3 is 2.24 bits per heavy atom. The number of hydrogen-bond acceptors (Lipinski definition) is 2. The topological polar surface area (TPSA) is 29.5 Å². The van der Waals surface area contributed by atoms with Crippen LogP contribution < -0.4 is 0 Å². The maximum Gasteiger partial charge on any atom is 0.191 e. The Bertz CT molecular complexity index is 640. The van der Waals surface area contributed by atoms with E-state index >= 15 is 0 Å². The lowest BCUT2D eigenvalue weighted by Crippen LogP contribution is -2.43. The van der Waals surface area contributed by atoms with Crippen LogP contribution in [-0.2, 0) is 4.43 Å². The monoisotopic (exact) mass is 420 g/mol. The Balaban J connectivity index is 2.17. The van der Waals surface area contributed by atoms with E-state index < -0.39 is 14.4 Å². The fraction of sp³-hybridized carbons (Fsp3) is 0.846. The number of aliphatic hydroxyl groups is 1. The van der Waals surface area contributed by atoms with Crippen molar-refractivity contribution in [3.05, 3.63) is 23.3 Å². The molecular formula is C26H48O2Si. The molecule has 2 aliphatic rings. The van der Waals surface area contributed by atoms with E-state index in [1.54, 1.807) is 0 Å². The molecule has 0 heterocycles. The Hall–Kier alpha value is -0.383. The van der Waals surface area contributed by atoms with Crippen molar-refractivity contribution in [3.8, 4) is 0 Å². The van der Waals surface area contributed by atoms with Gasteiger partial charge in [0.15, 0.2) is 8.32 Å². The highest BCUT2D eigenvalue weighted by Crippen LogP contribution is 2.54. The first-order valence-corrected chi connectivity index (χ1v) is 14.7. The van der Waals surface area contributed by atoms with Crippen molar-refractivity contribution >= 4 is 8.32 Å². The van der Waals surface area contributed by atoms with E-state index in [1.807, 2.05) is 0 Å². The maximum absolute atomic E-state index is 11.7. The fourth-order valence-corrected chi connectivity index (χ4v) is 6.41. The summed E-state index contributed by atoms with van der Waals surface area (Å²) in [4.78, 5) is 0. The van der Waals surface area contributed by atoms with Crippen molar-refractivity contribution in [1.29, 1.82) is 0 Å². The van der Waals surface area contributed by atoms with Crippen LogP contribution >= 0.6 is 0 Å². The van der Waals surface area contributed by atoms with Gasteiger partial charge in [0.05, 0.1) is 6.10 Å². The molecule has 0 spiro atoms. The minimum Gasteiger partial charge on any atom is -0.417 e. The molecule has 0 aromatic rings. The van der Waals surface area contributed by atoms with E-state index in [1.165, 1.54) is 16.7 Å². The van der Waals surface area contributed by atoms with Crippen LogP contribution in [0.1, 0.15) is 81.1 Å². The lowest BCUT2D eigenvalue weighted by molar-refractivity contribution is 0.0800. The number of allylic oxidation sites excluding steroid dienone is 1. The Morgan fingerprint density at radius 1 is 1.17 bits per heavy atom. The van der Waals surface area contributed by atoms with Crippen LogP contribution in [-0.4, -0.2) is 26.1 Å². The van der Waals surface area contributed by atoms with Crippen LogP contribution in [0.2, 0.25) is 18.1 Å². The van der Waals surface area contributed by atoms with E-state index in [2.05, 4.69) is 75.1 Å². The third kappa shape index (κ3) is 4.77. The molecule has 0 aliphatic heterocycles. The lowest BCUT2D eigenvalue weighted by atomic mass is 9.70. The predicted molar refractivity (Wildman–Crippen MR) is 129 cm³/mol. The van der Waals surface area contributed by atoms with Gasteiger partial charge in [-0.1, -0.05) is 66.2 Å². The van der Waals surface area contributed by atoms with Crippen molar-refractivity contribution in [2.75, 3.05) is 6.61 Å². The zero-order valence-electron chi connectivity index (χ0n) is 21.0. The molecule has 2 rings (SSSR count). The molecule has 0 bridgehead atoms. The predicted octanol–water partition coefficient (Wildman–Crippen LogP) is 7.36. The van der Waals surface area contributed by atoms with E-state index in [9.17, 15) is 5.11 Å². The lowest BCUT2D eigenvalue weighted by Gasteiger charge is -2.40. The molecule has 0 aromatic carbocycles. The zero-order valence-corrected chi connectivity index (χ0v) is 22.0. The summed E-state index contributed by atoms with van der Waals surface area (Å²) < 4.78 is 6.57. The molecule has 0 unspecified atom stereocenters. The summed E-state index contributed by atoms with van der Waals surface area (Å²) in [6.07, 6.45) is 4.06. The zero-order chi connectivity index (χ0) is 22.4. The molecule has 3 heteroatoms. The summed E-state index contributed by atoms with van der Waals surface area (Å²) >= 11 is 0. The second kappa shape index (κ2) is 8.63. The minimum atomic E-state index is -1.75. The van der Waals surface area contributed by atoms with Gasteiger partial charge in [-0.2, -0.15) is 0 Å². The fourth-order valence-electron chi connectivity index (χ4n) is 5.29. The van der Waals surface area contributed by atoms with Gasteiger partial charge in [-0.05, 0) is 80.0 Å². The molecule has 29 heavy (non-hydrogen) atoms. The summed E-state index contributed by atoms with van der Waals surface area (Å²) in [5, 5.41) is 11.9. The number of hydrogen-bond donors (Lipinski definition) is 1. The molecule has 0 radical (unpaired) electrons. The van der Waals surface area contributed by atoms with Crippen molar-refractivity contribution in [3.63, 3.8) is 0 Å².